The van der Waals surface area contributed by atoms with E-state index < -0.39 is 0 Å². The quantitative estimate of drug-likeness (QED) is 0.673. The van der Waals surface area contributed by atoms with Gasteiger partial charge in [-0.15, -0.1) is 0 Å². The zero-order valence-electron chi connectivity index (χ0n) is 16.3. The van der Waals surface area contributed by atoms with Gasteiger partial charge in [0.2, 0.25) is 5.89 Å². The van der Waals surface area contributed by atoms with E-state index in [2.05, 4.69) is 71.3 Å². The number of likely N-dealkylation sites (tertiary alicyclic amines) is 1. The van der Waals surface area contributed by atoms with E-state index >= 15 is 0 Å². The fourth-order valence-corrected chi connectivity index (χ4v) is 3.36. The predicted molar refractivity (Wildman–Crippen MR) is 105 cm³/mol. The van der Waals surface area contributed by atoms with Crippen LogP contribution in [0.15, 0.2) is 45.9 Å². The van der Waals surface area contributed by atoms with Crippen molar-refractivity contribution in [2.45, 2.75) is 45.6 Å². The normalized spacial score (nSPS) is 18.4. The number of guanidine groups is 1. The van der Waals surface area contributed by atoms with Crippen LogP contribution < -0.4 is 5.32 Å². The Kier molecular flexibility index (Phi) is 5.64. The lowest BCUT2D eigenvalue weighted by molar-refractivity contribution is 0.376. The fourth-order valence-electron chi connectivity index (χ4n) is 3.36. The molecule has 0 aliphatic carbocycles. The highest BCUT2D eigenvalue weighted by Crippen LogP contribution is 2.23. The third-order valence-electron chi connectivity index (χ3n) is 4.85. The molecule has 1 aromatic heterocycles. The lowest BCUT2D eigenvalue weighted by Crippen LogP contribution is -2.39. The van der Waals surface area contributed by atoms with Crippen molar-refractivity contribution < 1.29 is 4.42 Å². The van der Waals surface area contributed by atoms with E-state index in [4.69, 9.17) is 4.42 Å². The number of hydrogen-bond acceptors (Lipinski definition) is 3. The second kappa shape index (κ2) is 7.94. The van der Waals surface area contributed by atoms with Crippen molar-refractivity contribution >= 4 is 5.96 Å². The Morgan fingerprint density at radius 1 is 1.31 bits per heavy atom. The monoisotopic (exact) mass is 354 g/mol. The number of nitrogens with zero attached hydrogens (tertiary/aromatic N) is 3. The van der Waals surface area contributed by atoms with Crippen LogP contribution in [-0.2, 0) is 18.4 Å². The van der Waals surface area contributed by atoms with Crippen LogP contribution in [0.5, 0.6) is 0 Å². The minimum Gasteiger partial charge on any atom is -0.443 e. The highest BCUT2D eigenvalue weighted by Gasteiger charge is 2.25. The molecular formula is C21H30N4O. The molecule has 0 saturated carbocycles. The number of aliphatic imine (C=N–C) groups is 1. The standard InChI is InChI=1S/C21H30N4O/c1-21(2,3)18-13-23-19(26-18)14-24-20(22-4)25-11-10-17(15-25)12-16-8-6-5-7-9-16/h5-9,13,17H,10-12,14-15H2,1-4H3,(H,22,24). The maximum Gasteiger partial charge on any atom is 0.213 e. The summed E-state index contributed by atoms with van der Waals surface area (Å²) in [5, 5.41) is 3.40. The maximum absolute atomic E-state index is 5.86. The first-order valence-electron chi connectivity index (χ1n) is 9.40. The first-order chi connectivity index (χ1) is 12.5. The molecule has 1 saturated heterocycles. The van der Waals surface area contributed by atoms with Crippen molar-refractivity contribution in [3.05, 3.63) is 53.7 Å². The summed E-state index contributed by atoms with van der Waals surface area (Å²) in [6.45, 7) is 9.01. The molecule has 0 amide bonds. The molecule has 0 bridgehead atoms. The summed E-state index contributed by atoms with van der Waals surface area (Å²) in [7, 11) is 1.84. The van der Waals surface area contributed by atoms with Gasteiger partial charge in [-0.1, -0.05) is 51.1 Å². The molecule has 1 aromatic carbocycles. The van der Waals surface area contributed by atoms with Crippen molar-refractivity contribution in [3.63, 3.8) is 0 Å². The molecule has 2 heterocycles. The zero-order chi connectivity index (χ0) is 18.6. The number of aromatic nitrogens is 1. The molecule has 1 aliphatic heterocycles. The number of rotatable bonds is 4. The van der Waals surface area contributed by atoms with Gasteiger partial charge >= 0.3 is 0 Å². The van der Waals surface area contributed by atoms with Crippen LogP contribution in [-0.4, -0.2) is 36.0 Å². The van der Waals surface area contributed by atoms with Gasteiger partial charge in [0.25, 0.3) is 0 Å². The highest BCUT2D eigenvalue weighted by atomic mass is 16.4. The van der Waals surface area contributed by atoms with Crippen LogP contribution in [0.2, 0.25) is 0 Å². The van der Waals surface area contributed by atoms with Gasteiger partial charge in [0, 0.05) is 25.6 Å². The van der Waals surface area contributed by atoms with Crippen LogP contribution in [0.25, 0.3) is 0 Å². The van der Waals surface area contributed by atoms with Crippen LogP contribution >= 0.6 is 0 Å². The minimum atomic E-state index is -0.0213. The van der Waals surface area contributed by atoms with E-state index in [9.17, 15) is 0 Å². The molecule has 1 atom stereocenters. The van der Waals surface area contributed by atoms with E-state index in [1.54, 1.807) is 0 Å². The highest BCUT2D eigenvalue weighted by molar-refractivity contribution is 5.80. The van der Waals surface area contributed by atoms with Crippen molar-refractivity contribution in [2.75, 3.05) is 20.1 Å². The van der Waals surface area contributed by atoms with Crippen molar-refractivity contribution in [3.8, 4) is 0 Å². The van der Waals surface area contributed by atoms with Crippen molar-refractivity contribution in [2.24, 2.45) is 10.9 Å². The summed E-state index contributed by atoms with van der Waals surface area (Å²) < 4.78 is 5.86. The molecule has 0 radical (unpaired) electrons. The van der Waals surface area contributed by atoms with E-state index in [1.165, 1.54) is 12.0 Å². The van der Waals surface area contributed by atoms with Gasteiger partial charge in [-0.2, -0.15) is 0 Å². The molecule has 26 heavy (non-hydrogen) atoms. The molecule has 1 fully saturated rings. The molecule has 140 valence electrons. The van der Waals surface area contributed by atoms with E-state index in [-0.39, 0.29) is 5.41 Å². The maximum atomic E-state index is 5.86. The summed E-state index contributed by atoms with van der Waals surface area (Å²) in [4.78, 5) is 11.2. The Labute approximate surface area is 156 Å². The van der Waals surface area contributed by atoms with Gasteiger partial charge < -0.3 is 14.6 Å². The lowest BCUT2D eigenvalue weighted by Gasteiger charge is -2.21. The molecule has 1 aliphatic rings. The van der Waals surface area contributed by atoms with Gasteiger partial charge in [0.05, 0.1) is 12.7 Å². The number of nitrogens with one attached hydrogen (secondary N) is 1. The SMILES string of the molecule is CN=C(NCc1ncc(C(C)(C)C)o1)N1CCC(Cc2ccccc2)C1. The average molecular weight is 354 g/mol. The summed E-state index contributed by atoms with van der Waals surface area (Å²) in [6.07, 6.45) is 4.15. The molecule has 5 nitrogen and oxygen atoms in total. The smallest absolute Gasteiger partial charge is 0.213 e. The third kappa shape index (κ3) is 4.65. The Balaban J connectivity index is 1.52. The van der Waals surface area contributed by atoms with Crippen LogP contribution in [0.3, 0.4) is 0 Å². The molecule has 5 heteroatoms. The van der Waals surface area contributed by atoms with Crippen LogP contribution in [0.4, 0.5) is 0 Å². The fraction of sp³-hybridized carbons (Fsp3) is 0.524. The summed E-state index contributed by atoms with van der Waals surface area (Å²) in [5.41, 5.74) is 1.39. The average Bonchev–Trinajstić information content (AvgIpc) is 3.26. The van der Waals surface area contributed by atoms with Gasteiger partial charge in [-0.3, -0.25) is 4.99 Å². The molecule has 3 rings (SSSR count). The molecular weight excluding hydrogens is 324 g/mol. The van der Waals surface area contributed by atoms with Gasteiger partial charge in [-0.25, -0.2) is 4.98 Å². The molecule has 2 aromatic rings. The topological polar surface area (TPSA) is 53.7 Å². The lowest BCUT2D eigenvalue weighted by atomic mass is 9.94. The van der Waals surface area contributed by atoms with Crippen molar-refractivity contribution in [1.29, 1.82) is 0 Å². The Morgan fingerprint density at radius 3 is 2.73 bits per heavy atom. The number of oxazole rings is 1. The third-order valence-corrected chi connectivity index (χ3v) is 4.85. The van der Waals surface area contributed by atoms with E-state index in [1.807, 2.05) is 13.2 Å². The second-order valence-corrected chi connectivity index (χ2v) is 8.06. The predicted octanol–water partition coefficient (Wildman–Crippen LogP) is 3.61. The van der Waals surface area contributed by atoms with Gasteiger partial charge in [0.1, 0.15) is 5.76 Å². The summed E-state index contributed by atoms with van der Waals surface area (Å²) in [5.74, 6) is 3.21. The van der Waals surface area contributed by atoms with Crippen molar-refractivity contribution in [1.82, 2.24) is 15.2 Å². The van der Waals surface area contributed by atoms with E-state index in [0.717, 1.165) is 31.2 Å². The number of benzene rings is 1. The Morgan fingerprint density at radius 2 is 2.08 bits per heavy atom. The Bertz CT molecular complexity index is 730. The Hall–Kier alpha value is -2.30. The first kappa shape index (κ1) is 18.5. The van der Waals surface area contributed by atoms with Crippen LogP contribution in [0.1, 0.15) is 44.4 Å². The largest absolute Gasteiger partial charge is 0.443 e. The first-order valence-corrected chi connectivity index (χ1v) is 9.40. The summed E-state index contributed by atoms with van der Waals surface area (Å²) in [6, 6.07) is 10.7. The van der Waals surface area contributed by atoms with Gasteiger partial charge in [-0.05, 0) is 24.3 Å². The van der Waals surface area contributed by atoms with Crippen LogP contribution in [0, 0.1) is 5.92 Å². The molecule has 1 N–H and O–H groups in total. The minimum absolute atomic E-state index is 0.0213. The van der Waals surface area contributed by atoms with Gasteiger partial charge in [0.15, 0.2) is 5.96 Å². The number of hydrogen-bond donors (Lipinski definition) is 1. The molecule has 0 spiro atoms. The summed E-state index contributed by atoms with van der Waals surface area (Å²) >= 11 is 0. The van der Waals surface area contributed by atoms with E-state index in [0.29, 0.717) is 18.4 Å². The molecule has 1 unspecified atom stereocenters. The second-order valence-electron chi connectivity index (χ2n) is 8.06. The zero-order valence-corrected chi connectivity index (χ0v) is 16.3.